The lowest BCUT2D eigenvalue weighted by molar-refractivity contribution is -0.115. The van der Waals surface area contributed by atoms with Crippen molar-refractivity contribution in [2.45, 2.75) is 43.7 Å². The summed E-state index contributed by atoms with van der Waals surface area (Å²) in [5.41, 5.74) is 7.29. The van der Waals surface area contributed by atoms with Crippen molar-refractivity contribution in [1.29, 1.82) is 0 Å². The molecule has 0 radical (unpaired) electrons. The first-order chi connectivity index (χ1) is 12.1. The van der Waals surface area contributed by atoms with Gasteiger partial charge in [-0.3, -0.25) is 14.3 Å². The van der Waals surface area contributed by atoms with Crippen LogP contribution in [-0.2, 0) is 28.9 Å². The Morgan fingerprint density at radius 2 is 1.96 bits per heavy atom. The van der Waals surface area contributed by atoms with Crippen LogP contribution >= 0.6 is 11.8 Å². The van der Waals surface area contributed by atoms with Crippen molar-refractivity contribution in [3.8, 4) is 0 Å². The van der Waals surface area contributed by atoms with E-state index in [4.69, 9.17) is 10.5 Å². The second-order valence-electron chi connectivity index (χ2n) is 6.55. The van der Waals surface area contributed by atoms with E-state index in [0.29, 0.717) is 11.6 Å². The first-order valence-electron chi connectivity index (χ1n) is 8.99. The SMILES string of the molecule is NC(=O)CSc1nc(=O)n(CCCN2CCOCC2)c2c1CCCC2. The number of ether oxygens (including phenoxy) is 1. The molecule has 0 spiro atoms. The molecule has 1 saturated heterocycles. The Balaban J connectivity index is 1.72. The van der Waals surface area contributed by atoms with Crippen LogP contribution < -0.4 is 11.4 Å². The molecule has 2 heterocycles. The van der Waals surface area contributed by atoms with Gasteiger partial charge in [0.2, 0.25) is 5.91 Å². The van der Waals surface area contributed by atoms with E-state index >= 15 is 0 Å². The molecular formula is C17H26N4O3S. The van der Waals surface area contributed by atoms with Crippen LogP contribution in [0.3, 0.4) is 0 Å². The number of carbonyl (C=O) groups excluding carboxylic acids is 1. The fourth-order valence-corrected chi connectivity index (χ4v) is 4.33. The molecule has 1 aliphatic heterocycles. The number of hydrogen-bond acceptors (Lipinski definition) is 6. The van der Waals surface area contributed by atoms with Crippen LogP contribution in [0.5, 0.6) is 0 Å². The number of amides is 1. The van der Waals surface area contributed by atoms with Gasteiger partial charge in [-0.1, -0.05) is 11.8 Å². The van der Waals surface area contributed by atoms with Crippen LogP contribution in [0, 0.1) is 0 Å². The zero-order valence-electron chi connectivity index (χ0n) is 14.5. The number of thioether (sulfide) groups is 1. The monoisotopic (exact) mass is 366 g/mol. The van der Waals surface area contributed by atoms with E-state index in [0.717, 1.165) is 76.2 Å². The number of aromatic nitrogens is 2. The number of carbonyl (C=O) groups is 1. The third-order valence-corrected chi connectivity index (χ3v) is 5.80. The Hall–Kier alpha value is -1.38. The highest BCUT2D eigenvalue weighted by atomic mass is 32.2. The maximum Gasteiger partial charge on any atom is 0.348 e. The molecule has 0 aromatic carbocycles. The lowest BCUT2D eigenvalue weighted by Crippen LogP contribution is -2.38. The summed E-state index contributed by atoms with van der Waals surface area (Å²) in [5.74, 6) is -0.217. The molecule has 0 saturated carbocycles. The van der Waals surface area contributed by atoms with Crippen LogP contribution in [0.4, 0.5) is 0 Å². The van der Waals surface area contributed by atoms with Crippen LogP contribution in [0.1, 0.15) is 30.5 Å². The fraction of sp³-hybridized carbons (Fsp3) is 0.706. The van der Waals surface area contributed by atoms with Gasteiger partial charge in [0.1, 0.15) is 5.03 Å². The molecule has 1 fully saturated rings. The quantitative estimate of drug-likeness (QED) is 0.556. The maximum atomic E-state index is 12.5. The third-order valence-electron chi connectivity index (χ3n) is 4.76. The Bertz CT molecular complexity index is 671. The van der Waals surface area contributed by atoms with Crippen molar-refractivity contribution in [3.05, 3.63) is 21.7 Å². The van der Waals surface area contributed by atoms with Gasteiger partial charge in [0.25, 0.3) is 0 Å². The lowest BCUT2D eigenvalue weighted by atomic mass is 9.97. The number of hydrogen-bond donors (Lipinski definition) is 1. The molecule has 2 aliphatic rings. The van der Waals surface area contributed by atoms with Crippen molar-refractivity contribution in [3.63, 3.8) is 0 Å². The number of rotatable bonds is 7. The van der Waals surface area contributed by atoms with Crippen LogP contribution in [0.15, 0.2) is 9.82 Å². The van der Waals surface area contributed by atoms with Crippen molar-refractivity contribution < 1.29 is 9.53 Å². The molecule has 1 aromatic rings. The van der Waals surface area contributed by atoms with Gasteiger partial charge in [0.05, 0.1) is 19.0 Å². The molecule has 0 atom stereocenters. The normalized spacial score (nSPS) is 18.1. The first kappa shape index (κ1) is 18.4. The summed E-state index contributed by atoms with van der Waals surface area (Å²) < 4.78 is 7.22. The summed E-state index contributed by atoms with van der Waals surface area (Å²) in [5, 5.41) is 0.697. The predicted molar refractivity (Wildman–Crippen MR) is 96.9 cm³/mol. The second-order valence-corrected chi connectivity index (χ2v) is 7.51. The van der Waals surface area contributed by atoms with Gasteiger partial charge in [0.15, 0.2) is 0 Å². The Kier molecular flexibility index (Phi) is 6.50. The molecule has 2 N–H and O–H groups in total. The van der Waals surface area contributed by atoms with Crippen molar-refractivity contribution in [1.82, 2.24) is 14.5 Å². The molecule has 0 bridgehead atoms. The Labute approximate surface area is 151 Å². The minimum Gasteiger partial charge on any atom is -0.379 e. The molecule has 0 unspecified atom stereocenters. The number of primary amides is 1. The molecular weight excluding hydrogens is 340 g/mol. The predicted octanol–water partition coefficient (Wildman–Crippen LogP) is 0.422. The molecule has 3 rings (SSSR count). The van der Waals surface area contributed by atoms with Gasteiger partial charge in [0, 0.05) is 37.4 Å². The fourth-order valence-electron chi connectivity index (χ4n) is 3.51. The van der Waals surface area contributed by atoms with Gasteiger partial charge in [-0.05, 0) is 32.1 Å². The van der Waals surface area contributed by atoms with E-state index in [1.54, 1.807) is 0 Å². The van der Waals surface area contributed by atoms with Gasteiger partial charge < -0.3 is 10.5 Å². The number of nitrogens with zero attached hydrogens (tertiary/aromatic N) is 3. The van der Waals surface area contributed by atoms with E-state index in [1.165, 1.54) is 11.8 Å². The highest BCUT2D eigenvalue weighted by molar-refractivity contribution is 7.99. The topological polar surface area (TPSA) is 90.5 Å². The van der Waals surface area contributed by atoms with E-state index in [9.17, 15) is 9.59 Å². The minimum absolute atomic E-state index is 0.167. The Morgan fingerprint density at radius 3 is 2.72 bits per heavy atom. The first-order valence-corrected chi connectivity index (χ1v) is 9.97. The summed E-state index contributed by atoms with van der Waals surface area (Å²) in [6.07, 6.45) is 4.97. The average Bonchev–Trinajstić information content (AvgIpc) is 2.62. The molecule has 8 heteroatoms. The summed E-state index contributed by atoms with van der Waals surface area (Å²) in [6.45, 7) is 5.20. The van der Waals surface area contributed by atoms with Crippen molar-refractivity contribution in [2.75, 3.05) is 38.6 Å². The van der Waals surface area contributed by atoms with E-state index in [1.807, 2.05) is 4.57 Å². The highest BCUT2D eigenvalue weighted by Crippen LogP contribution is 2.28. The maximum absolute atomic E-state index is 12.5. The molecule has 138 valence electrons. The molecule has 1 aliphatic carbocycles. The van der Waals surface area contributed by atoms with Gasteiger partial charge >= 0.3 is 5.69 Å². The Morgan fingerprint density at radius 1 is 1.20 bits per heavy atom. The van der Waals surface area contributed by atoms with Crippen LogP contribution in [-0.4, -0.2) is 59.0 Å². The van der Waals surface area contributed by atoms with Gasteiger partial charge in [-0.2, -0.15) is 4.98 Å². The average molecular weight is 366 g/mol. The number of morpholine rings is 1. The van der Waals surface area contributed by atoms with Crippen molar-refractivity contribution >= 4 is 17.7 Å². The minimum atomic E-state index is -0.383. The van der Waals surface area contributed by atoms with Gasteiger partial charge in [-0.15, -0.1) is 0 Å². The standard InChI is InChI=1S/C17H26N4O3S/c18-15(22)12-25-16-13-4-1-2-5-14(13)21(17(23)19-16)7-3-6-20-8-10-24-11-9-20/h1-12H2,(H2,18,22). The number of nitrogens with two attached hydrogens (primary N) is 1. The smallest absolute Gasteiger partial charge is 0.348 e. The largest absolute Gasteiger partial charge is 0.379 e. The van der Waals surface area contributed by atoms with Crippen LogP contribution in [0.2, 0.25) is 0 Å². The molecule has 1 amide bonds. The zero-order chi connectivity index (χ0) is 17.6. The molecule has 7 nitrogen and oxygen atoms in total. The van der Waals surface area contributed by atoms with Gasteiger partial charge in [-0.25, -0.2) is 4.79 Å². The summed E-state index contributed by atoms with van der Waals surface area (Å²) in [4.78, 5) is 30.2. The van der Waals surface area contributed by atoms with Crippen molar-refractivity contribution in [2.24, 2.45) is 5.73 Å². The molecule has 1 aromatic heterocycles. The van der Waals surface area contributed by atoms with E-state index in [-0.39, 0.29) is 17.3 Å². The summed E-state index contributed by atoms with van der Waals surface area (Å²) >= 11 is 1.29. The molecule has 25 heavy (non-hydrogen) atoms. The third kappa shape index (κ3) is 4.83. The summed E-state index contributed by atoms with van der Waals surface area (Å²) in [7, 11) is 0. The van der Waals surface area contributed by atoms with E-state index < -0.39 is 0 Å². The summed E-state index contributed by atoms with van der Waals surface area (Å²) in [6, 6.07) is 0. The lowest BCUT2D eigenvalue weighted by Gasteiger charge is -2.27. The number of fused-ring (bicyclic) bond motifs is 1. The zero-order valence-corrected chi connectivity index (χ0v) is 15.4. The van der Waals surface area contributed by atoms with Crippen LogP contribution in [0.25, 0.3) is 0 Å². The van der Waals surface area contributed by atoms with E-state index in [2.05, 4.69) is 9.88 Å². The second kappa shape index (κ2) is 8.82. The highest BCUT2D eigenvalue weighted by Gasteiger charge is 2.21.